The van der Waals surface area contributed by atoms with E-state index in [1.54, 1.807) is 7.11 Å². The summed E-state index contributed by atoms with van der Waals surface area (Å²) >= 11 is 0. The van der Waals surface area contributed by atoms with Crippen molar-refractivity contribution in [3.63, 3.8) is 0 Å². The second kappa shape index (κ2) is 6.65. The van der Waals surface area contributed by atoms with Crippen LogP contribution in [0, 0.1) is 12.8 Å². The van der Waals surface area contributed by atoms with Crippen molar-refractivity contribution in [3.8, 4) is 5.75 Å². The summed E-state index contributed by atoms with van der Waals surface area (Å²) in [6.45, 7) is 6.56. The Balaban J connectivity index is 2.64. The molecule has 2 nitrogen and oxygen atoms in total. The largest absolute Gasteiger partial charge is 0.496 e. The maximum atomic E-state index is 6.23. The molecule has 0 aliphatic rings. The molecule has 0 spiro atoms. The van der Waals surface area contributed by atoms with Gasteiger partial charge in [-0.15, -0.1) is 0 Å². The van der Waals surface area contributed by atoms with Crippen LogP contribution in [-0.4, -0.2) is 7.11 Å². The average molecular weight is 235 g/mol. The molecule has 0 aliphatic carbocycles. The predicted molar refractivity (Wildman–Crippen MR) is 73.3 cm³/mol. The van der Waals surface area contributed by atoms with E-state index in [1.165, 1.54) is 18.4 Å². The molecular weight excluding hydrogens is 210 g/mol. The van der Waals surface area contributed by atoms with E-state index in [4.69, 9.17) is 10.5 Å². The molecule has 1 aromatic carbocycles. The van der Waals surface area contributed by atoms with Gasteiger partial charge >= 0.3 is 0 Å². The molecule has 0 saturated heterocycles. The van der Waals surface area contributed by atoms with E-state index in [9.17, 15) is 0 Å². The molecule has 0 aromatic heterocycles. The minimum atomic E-state index is 0.0873. The zero-order valence-corrected chi connectivity index (χ0v) is 11.5. The number of nitrogens with two attached hydrogens (primary N) is 1. The molecule has 0 amide bonds. The van der Waals surface area contributed by atoms with E-state index in [-0.39, 0.29) is 6.04 Å². The molecule has 0 aliphatic heterocycles. The van der Waals surface area contributed by atoms with Gasteiger partial charge in [-0.25, -0.2) is 0 Å². The Bertz CT molecular complexity index is 347. The van der Waals surface area contributed by atoms with Crippen LogP contribution >= 0.6 is 0 Å². The van der Waals surface area contributed by atoms with Gasteiger partial charge in [0.15, 0.2) is 0 Å². The summed E-state index contributed by atoms with van der Waals surface area (Å²) in [5, 5.41) is 0. The van der Waals surface area contributed by atoms with Crippen molar-refractivity contribution in [2.24, 2.45) is 11.7 Å². The Hall–Kier alpha value is -1.02. The van der Waals surface area contributed by atoms with Crippen molar-refractivity contribution in [1.29, 1.82) is 0 Å². The van der Waals surface area contributed by atoms with Gasteiger partial charge in [0.1, 0.15) is 5.75 Å². The fourth-order valence-electron chi connectivity index (χ4n) is 2.03. The van der Waals surface area contributed by atoms with Crippen LogP contribution in [0.15, 0.2) is 18.2 Å². The van der Waals surface area contributed by atoms with E-state index >= 15 is 0 Å². The standard InChI is InChI=1S/C15H25NO/c1-11(2)6-5-7-14(16)13-9-8-12(3)10-15(13)17-4/h8-11,14H,5-7,16H2,1-4H3. The Labute approximate surface area is 105 Å². The summed E-state index contributed by atoms with van der Waals surface area (Å²) in [5.74, 6) is 1.67. The van der Waals surface area contributed by atoms with Crippen molar-refractivity contribution in [3.05, 3.63) is 29.3 Å². The molecule has 96 valence electrons. The third-order valence-electron chi connectivity index (χ3n) is 3.09. The van der Waals surface area contributed by atoms with E-state index < -0.39 is 0 Å². The van der Waals surface area contributed by atoms with Crippen LogP contribution in [0.3, 0.4) is 0 Å². The van der Waals surface area contributed by atoms with Gasteiger partial charge < -0.3 is 10.5 Å². The maximum Gasteiger partial charge on any atom is 0.123 e. The van der Waals surface area contributed by atoms with Crippen LogP contribution in [0.2, 0.25) is 0 Å². The van der Waals surface area contributed by atoms with Crippen molar-refractivity contribution in [2.45, 2.75) is 46.1 Å². The molecule has 1 rings (SSSR count). The minimum Gasteiger partial charge on any atom is -0.496 e. The third-order valence-corrected chi connectivity index (χ3v) is 3.09. The second-order valence-electron chi connectivity index (χ2n) is 5.18. The molecule has 1 aromatic rings. The van der Waals surface area contributed by atoms with E-state index in [0.717, 1.165) is 23.7 Å². The number of aryl methyl sites for hydroxylation is 1. The lowest BCUT2D eigenvalue weighted by Gasteiger charge is -2.16. The molecule has 2 N–H and O–H groups in total. The first-order chi connectivity index (χ1) is 8.04. The van der Waals surface area contributed by atoms with Gasteiger partial charge in [0.25, 0.3) is 0 Å². The SMILES string of the molecule is COc1cc(C)ccc1C(N)CCCC(C)C. The first kappa shape index (κ1) is 14.0. The lowest BCUT2D eigenvalue weighted by molar-refractivity contribution is 0.401. The Morgan fingerprint density at radius 3 is 2.53 bits per heavy atom. The zero-order valence-electron chi connectivity index (χ0n) is 11.5. The quantitative estimate of drug-likeness (QED) is 0.813. The van der Waals surface area contributed by atoms with Crippen LogP contribution in [-0.2, 0) is 0 Å². The first-order valence-corrected chi connectivity index (χ1v) is 6.44. The molecule has 1 unspecified atom stereocenters. The maximum absolute atomic E-state index is 6.23. The van der Waals surface area contributed by atoms with Gasteiger partial charge in [0.2, 0.25) is 0 Å². The molecule has 0 fully saturated rings. The molecule has 0 heterocycles. The van der Waals surface area contributed by atoms with E-state index in [1.807, 2.05) is 0 Å². The minimum absolute atomic E-state index is 0.0873. The number of hydrogen-bond donors (Lipinski definition) is 1. The highest BCUT2D eigenvalue weighted by atomic mass is 16.5. The lowest BCUT2D eigenvalue weighted by Crippen LogP contribution is -2.12. The summed E-state index contributed by atoms with van der Waals surface area (Å²) < 4.78 is 5.39. The number of benzene rings is 1. The van der Waals surface area contributed by atoms with Crippen LogP contribution in [0.4, 0.5) is 0 Å². The summed E-state index contributed by atoms with van der Waals surface area (Å²) in [4.78, 5) is 0. The zero-order chi connectivity index (χ0) is 12.8. The van der Waals surface area contributed by atoms with Crippen LogP contribution < -0.4 is 10.5 Å². The summed E-state index contributed by atoms with van der Waals surface area (Å²) in [6.07, 6.45) is 3.44. The number of ether oxygens (including phenoxy) is 1. The molecule has 17 heavy (non-hydrogen) atoms. The summed E-state index contributed by atoms with van der Waals surface area (Å²) in [6, 6.07) is 6.33. The average Bonchev–Trinajstić information content (AvgIpc) is 2.28. The molecule has 1 atom stereocenters. The highest BCUT2D eigenvalue weighted by molar-refractivity contribution is 5.39. The smallest absolute Gasteiger partial charge is 0.123 e. The predicted octanol–water partition coefficient (Wildman–Crippen LogP) is 3.83. The molecule has 0 saturated carbocycles. The highest BCUT2D eigenvalue weighted by Gasteiger charge is 2.11. The van der Waals surface area contributed by atoms with Gasteiger partial charge in [-0.2, -0.15) is 0 Å². The fraction of sp³-hybridized carbons (Fsp3) is 0.600. The van der Waals surface area contributed by atoms with E-state index in [0.29, 0.717) is 0 Å². The lowest BCUT2D eigenvalue weighted by atomic mass is 9.97. The summed E-state index contributed by atoms with van der Waals surface area (Å²) in [7, 11) is 1.71. The number of rotatable bonds is 6. The van der Waals surface area contributed by atoms with Crippen molar-refractivity contribution >= 4 is 0 Å². The Kier molecular flexibility index (Phi) is 5.49. The molecular formula is C15H25NO. The van der Waals surface area contributed by atoms with Crippen molar-refractivity contribution < 1.29 is 4.74 Å². The van der Waals surface area contributed by atoms with Crippen LogP contribution in [0.1, 0.15) is 50.3 Å². The molecule has 2 heteroatoms. The van der Waals surface area contributed by atoms with Gasteiger partial charge in [-0.1, -0.05) is 38.8 Å². The van der Waals surface area contributed by atoms with Crippen molar-refractivity contribution in [2.75, 3.05) is 7.11 Å². The summed E-state index contributed by atoms with van der Waals surface area (Å²) in [5.41, 5.74) is 8.56. The molecule has 0 radical (unpaired) electrons. The number of hydrogen-bond acceptors (Lipinski definition) is 2. The Morgan fingerprint density at radius 2 is 1.94 bits per heavy atom. The van der Waals surface area contributed by atoms with Crippen LogP contribution in [0.5, 0.6) is 5.75 Å². The third kappa shape index (κ3) is 4.39. The highest BCUT2D eigenvalue weighted by Crippen LogP contribution is 2.28. The molecule has 0 bridgehead atoms. The first-order valence-electron chi connectivity index (χ1n) is 6.44. The van der Waals surface area contributed by atoms with E-state index in [2.05, 4.69) is 39.0 Å². The Morgan fingerprint density at radius 1 is 1.24 bits per heavy atom. The van der Waals surface area contributed by atoms with Gasteiger partial charge in [0, 0.05) is 11.6 Å². The topological polar surface area (TPSA) is 35.2 Å². The van der Waals surface area contributed by atoms with Crippen LogP contribution in [0.25, 0.3) is 0 Å². The van der Waals surface area contributed by atoms with Gasteiger partial charge in [-0.05, 0) is 30.9 Å². The monoisotopic (exact) mass is 235 g/mol. The van der Waals surface area contributed by atoms with Gasteiger partial charge in [-0.3, -0.25) is 0 Å². The van der Waals surface area contributed by atoms with Crippen molar-refractivity contribution in [1.82, 2.24) is 0 Å². The second-order valence-corrected chi connectivity index (χ2v) is 5.18. The number of methoxy groups -OCH3 is 1. The fourth-order valence-corrected chi connectivity index (χ4v) is 2.03. The normalized spacial score (nSPS) is 12.8. The van der Waals surface area contributed by atoms with Gasteiger partial charge in [0.05, 0.1) is 7.11 Å².